The summed E-state index contributed by atoms with van der Waals surface area (Å²) in [5, 5.41) is 4.86. The molecule has 0 spiro atoms. The van der Waals surface area contributed by atoms with Gasteiger partial charge in [-0.3, -0.25) is 0 Å². The van der Waals surface area contributed by atoms with Crippen molar-refractivity contribution in [1.29, 1.82) is 0 Å². The number of unbranched alkanes of at least 4 members (excludes halogenated alkanes) is 6. The number of carbonyl (C=O) groups is 4. The number of hydrogen-bond acceptors (Lipinski definition) is 10. The zero-order valence-electron chi connectivity index (χ0n) is 30.5. The first-order valence-electron chi connectivity index (χ1n) is 17.6. The molecule has 4 aromatic carbocycles. The molecule has 0 aliphatic heterocycles. The fourth-order valence-corrected chi connectivity index (χ4v) is 7.72. The summed E-state index contributed by atoms with van der Waals surface area (Å²) >= 11 is 0. The number of carbonyl (C=O) groups excluding carboxylic acids is 4. The van der Waals surface area contributed by atoms with Gasteiger partial charge in [0.1, 0.15) is 0 Å². The molecule has 0 radical (unpaired) electrons. The number of hydrogen-bond donors (Lipinski definition) is 4. The monoisotopic (exact) mass is 792 g/mol. The van der Waals surface area contributed by atoms with Gasteiger partial charge < -0.3 is 20.1 Å². The summed E-state index contributed by atoms with van der Waals surface area (Å²) in [4.78, 5) is 49.8. The quantitative estimate of drug-likeness (QED) is 0.0596. The maximum atomic E-state index is 12.6. The number of esters is 2. The van der Waals surface area contributed by atoms with Gasteiger partial charge in [0.25, 0.3) is 20.0 Å². The van der Waals surface area contributed by atoms with E-state index in [0.717, 1.165) is 32.1 Å². The third-order valence-electron chi connectivity index (χ3n) is 8.19. The van der Waals surface area contributed by atoms with Gasteiger partial charge in [-0.2, -0.15) is 0 Å². The number of amides is 4. The molecular weight excluding hydrogens is 749 g/mol. The van der Waals surface area contributed by atoms with Crippen molar-refractivity contribution in [2.24, 2.45) is 0 Å². The highest BCUT2D eigenvalue weighted by atomic mass is 32.2. The molecule has 292 valence electrons. The van der Waals surface area contributed by atoms with Crippen LogP contribution in [0.25, 0.3) is 0 Å². The average molecular weight is 793 g/mol. The zero-order chi connectivity index (χ0) is 39.8. The summed E-state index contributed by atoms with van der Waals surface area (Å²) in [6, 6.07) is 22.6. The lowest BCUT2D eigenvalue weighted by Gasteiger charge is -2.11. The van der Waals surface area contributed by atoms with Crippen LogP contribution in [-0.4, -0.2) is 54.1 Å². The Morgan fingerprint density at radius 1 is 0.491 bits per heavy atom. The minimum absolute atomic E-state index is 0.0141. The van der Waals surface area contributed by atoms with E-state index in [2.05, 4.69) is 10.6 Å². The van der Waals surface area contributed by atoms with Crippen LogP contribution in [-0.2, 0) is 29.5 Å². The molecule has 55 heavy (non-hydrogen) atoms. The molecule has 4 N–H and O–H groups in total. The Kier molecular flexibility index (Phi) is 15.3. The topological polar surface area (TPSA) is 203 Å². The predicted molar refractivity (Wildman–Crippen MR) is 207 cm³/mol. The molecule has 16 heteroatoms. The number of nitrogens with one attached hydrogen (secondary N) is 4. The smallest absolute Gasteiger partial charge is 0.338 e. The van der Waals surface area contributed by atoms with E-state index < -0.39 is 44.0 Å². The molecule has 0 aromatic heterocycles. The Morgan fingerprint density at radius 3 is 1.24 bits per heavy atom. The lowest BCUT2D eigenvalue weighted by Crippen LogP contribution is -2.34. The van der Waals surface area contributed by atoms with E-state index in [0.29, 0.717) is 24.0 Å². The van der Waals surface area contributed by atoms with Gasteiger partial charge in [-0.1, -0.05) is 80.6 Å². The van der Waals surface area contributed by atoms with Crippen molar-refractivity contribution in [1.82, 2.24) is 9.44 Å². The van der Waals surface area contributed by atoms with E-state index in [1.807, 2.05) is 9.44 Å². The van der Waals surface area contributed by atoms with Crippen LogP contribution < -0.4 is 20.1 Å². The van der Waals surface area contributed by atoms with Gasteiger partial charge in [0.15, 0.2) is 0 Å². The molecule has 0 aliphatic rings. The van der Waals surface area contributed by atoms with Crippen LogP contribution in [0, 0.1) is 13.8 Å². The lowest BCUT2D eigenvalue weighted by molar-refractivity contribution is 0.0490. The minimum atomic E-state index is -4.09. The molecule has 0 bridgehead atoms. The summed E-state index contributed by atoms with van der Waals surface area (Å²) in [6.45, 7) is 3.68. The second kappa shape index (κ2) is 20.1. The number of aryl methyl sites for hydroxylation is 2. The van der Waals surface area contributed by atoms with Crippen LogP contribution in [0.1, 0.15) is 76.8 Å². The number of sulfonamides is 2. The Labute approximate surface area is 321 Å². The maximum Gasteiger partial charge on any atom is 0.338 e. The Morgan fingerprint density at radius 2 is 0.855 bits per heavy atom. The van der Waals surface area contributed by atoms with Crippen molar-refractivity contribution >= 4 is 55.4 Å². The van der Waals surface area contributed by atoms with E-state index in [9.17, 15) is 36.0 Å². The van der Waals surface area contributed by atoms with Gasteiger partial charge in [0.05, 0.1) is 34.1 Å². The van der Waals surface area contributed by atoms with Gasteiger partial charge in [0, 0.05) is 11.4 Å². The summed E-state index contributed by atoms with van der Waals surface area (Å²) < 4.78 is 65.0. The first kappa shape index (κ1) is 42.0. The van der Waals surface area contributed by atoms with Gasteiger partial charge >= 0.3 is 24.0 Å². The first-order chi connectivity index (χ1) is 26.2. The zero-order valence-corrected chi connectivity index (χ0v) is 32.1. The van der Waals surface area contributed by atoms with E-state index in [4.69, 9.17) is 9.47 Å². The minimum Gasteiger partial charge on any atom is -0.462 e. The number of benzene rings is 4. The normalized spacial score (nSPS) is 11.2. The second-order valence-corrected chi connectivity index (χ2v) is 15.9. The molecule has 14 nitrogen and oxygen atoms in total. The molecule has 4 rings (SSSR count). The maximum absolute atomic E-state index is 12.6. The molecule has 0 atom stereocenters. The summed E-state index contributed by atoms with van der Waals surface area (Å²) in [5.74, 6) is -1.13. The highest BCUT2D eigenvalue weighted by Crippen LogP contribution is 2.18. The number of rotatable bonds is 18. The van der Waals surface area contributed by atoms with E-state index in [1.54, 1.807) is 62.4 Å². The fourth-order valence-electron chi connectivity index (χ4n) is 5.42. The van der Waals surface area contributed by atoms with Gasteiger partial charge in [0.2, 0.25) is 0 Å². The Hall–Kier alpha value is -5.74. The number of urea groups is 2. The molecule has 0 saturated carbocycles. The van der Waals surface area contributed by atoms with Gasteiger partial charge in [-0.05, 0) is 86.3 Å². The van der Waals surface area contributed by atoms with Gasteiger partial charge in [-0.15, -0.1) is 0 Å². The number of anilines is 2. The van der Waals surface area contributed by atoms with Crippen LogP contribution in [0.15, 0.2) is 107 Å². The highest BCUT2D eigenvalue weighted by Gasteiger charge is 2.21. The Balaban J connectivity index is 1.06. The molecule has 0 fully saturated rings. The second-order valence-electron chi connectivity index (χ2n) is 12.6. The van der Waals surface area contributed by atoms with E-state index >= 15 is 0 Å². The van der Waals surface area contributed by atoms with E-state index in [-0.39, 0.29) is 45.5 Å². The Bertz CT molecular complexity index is 2050. The molecule has 4 aromatic rings. The van der Waals surface area contributed by atoms with Crippen molar-refractivity contribution in [3.8, 4) is 0 Å². The molecule has 0 aliphatic carbocycles. The van der Waals surface area contributed by atoms with Crippen LogP contribution in [0.5, 0.6) is 0 Å². The SMILES string of the molecule is Cc1ccccc1S(=O)(=O)NC(=O)Nc1cccc(C(=O)OCCCCCCCCCOC(=O)c2cccc(NC(=O)NS(=O)(=O)c3ccccc3C)c2)c1. The van der Waals surface area contributed by atoms with Crippen molar-refractivity contribution in [3.63, 3.8) is 0 Å². The molecule has 0 heterocycles. The average Bonchev–Trinajstić information content (AvgIpc) is 3.13. The third kappa shape index (κ3) is 13.3. The summed E-state index contributed by atoms with van der Waals surface area (Å²) in [7, 11) is -8.17. The first-order valence-corrected chi connectivity index (χ1v) is 20.5. The van der Waals surface area contributed by atoms with Crippen LogP contribution in [0.3, 0.4) is 0 Å². The van der Waals surface area contributed by atoms with E-state index in [1.165, 1.54) is 48.5 Å². The highest BCUT2D eigenvalue weighted by molar-refractivity contribution is 7.90. The van der Waals surface area contributed by atoms with Crippen molar-refractivity contribution in [2.75, 3.05) is 23.8 Å². The molecule has 0 unspecified atom stereocenters. The third-order valence-corrected chi connectivity index (χ3v) is 11.2. The number of ether oxygens (including phenoxy) is 2. The van der Waals surface area contributed by atoms with Crippen molar-refractivity contribution in [2.45, 2.75) is 68.6 Å². The molecule has 4 amide bonds. The van der Waals surface area contributed by atoms with Crippen LogP contribution in [0.4, 0.5) is 21.0 Å². The van der Waals surface area contributed by atoms with Crippen LogP contribution in [0.2, 0.25) is 0 Å². The van der Waals surface area contributed by atoms with Crippen molar-refractivity contribution in [3.05, 3.63) is 119 Å². The molecular formula is C39H44N4O10S2. The van der Waals surface area contributed by atoms with Crippen molar-refractivity contribution < 1.29 is 45.5 Å². The largest absolute Gasteiger partial charge is 0.462 e. The van der Waals surface area contributed by atoms with Gasteiger partial charge in [-0.25, -0.2) is 45.5 Å². The summed E-state index contributed by atoms with van der Waals surface area (Å²) in [6.07, 6.45) is 5.83. The standard InChI is InChI=1S/C39H44N4O10S2/c1-28-16-8-10-22-34(28)54(48,49)42-38(46)40-32-20-14-18-30(26-32)36(44)52-24-12-6-4-3-5-7-13-25-53-37(45)31-19-15-21-33(27-31)41-39(47)43-55(50,51)35-23-11-9-17-29(35)2/h8-11,14-23,26-27H,3-7,12-13,24-25H2,1-2H3,(H2,40,42,46)(H2,41,43,47). The fraction of sp³-hybridized carbons (Fsp3) is 0.282. The van der Waals surface area contributed by atoms with Crippen LogP contribution >= 0.6 is 0 Å². The summed E-state index contributed by atoms with van der Waals surface area (Å²) in [5.41, 5.74) is 1.84. The lowest BCUT2D eigenvalue weighted by atomic mass is 10.1. The predicted octanol–water partition coefficient (Wildman–Crippen LogP) is 7.07. The molecule has 0 saturated heterocycles.